The molecule has 59 heavy (non-hydrogen) atoms. The number of hydrogen-bond acceptors (Lipinski definition) is 10. The van der Waals surface area contributed by atoms with Gasteiger partial charge in [0.15, 0.2) is 0 Å². The van der Waals surface area contributed by atoms with Crippen LogP contribution in [0.15, 0.2) is 67.0 Å². The lowest BCUT2D eigenvalue weighted by atomic mass is 10.0. The molecule has 7 rings (SSSR count). The van der Waals surface area contributed by atoms with E-state index in [1.54, 1.807) is 29.1 Å². The summed E-state index contributed by atoms with van der Waals surface area (Å²) in [7, 11) is 4.04. The molecule has 0 saturated carbocycles. The minimum absolute atomic E-state index is 0.112. The van der Waals surface area contributed by atoms with Crippen molar-refractivity contribution in [2.75, 3.05) is 34.4 Å². The molecule has 16 nitrogen and oxygen atoms in total. The number of methoxy groups -OCH3 is 3. The van der Waals surface area contributed by atoms with Crippen LogP contribution in [0.3, 0.4) is 0 Å². The first-order valence-corrected chi connectivity index (χ1v) is 19.9. The first kappa shape index (κ1) is 40.9. The fourth-order valence-corrected chi connectivity index (χ4v) is 7.97. The van der Waals surface area contributed by atoms with Crippen molar-refractivity contribution in [3.05, 3.63) is 78.6 Å². The van der Waals surface area contributed by atoms with Crippen molar-refractivity contribution in [2.45, 2.75) is 76.7 Å². The Morgan fingerprint density at radius 3 is 1.78 bits per heavy atom. The quantitative estimate of drug-likeness (QED) is 0.114. The monoisotopic (exact) mass is 805 g/mol. The van der Waals surface area contributed by atoms with Crippen LogP contribution in [0.25, 0.3) is 44.7 Å². The van der Waals surface area contributed by atoms with Crippen molar-refractivity contribution >= 4 is 34.9 Å². The molecular formula is C43H51N9O7. The average Bonchev–Trinajstić information content (AvgIpc) is 4.10. The van der Waals surface area contributed by atoms with Crippen molar-refractivity contribution in [2.24, 2.45) is 5.92 Å². The second-order valence-corrected chi connectivity index (χ2v) is 15.3. The molecule has 2 saturated heterocycles. The van der Waals surface area contributed by atoms with Crippen molar-refractivity contribution in [3.63, 3.8) is 0 Å². The summed E-state index contributed by atoms with van der Waals surface area (Å²) in [6.45, 7) is 6.65. The van der Waals surface area contributed by atoms with E-state index in [-0.39, 0.29) is 29.8 Å². The highest BCUT2D eigenvalue weighted by molar-refractivity contribution is 5.88. The fraction of sp³-hybridized carbons (Fsp3) is 0.419. The number of fused-ring (bicyclic) bond motifs is 1. The van der Waals surface area contributed by atoms with Crippen LogP contribution in [0.1, 0.15) is 70.2 Å². The summed E-state index contributed by atoms with van der Waals surface area (Å²) in [6, 6.07) is 16.1. The molecule has 0 bridgehead atoms. The van der Waals surface area contributed by atoms with Gasteiger partial charge in [-0.1, -0.05) is 50.2 Å². The predicted molar refractivity (Wildman–Crippen MR) is 220 cm³/mol. The zero-order chi connectivity index (χ0) is 41.8. The van der Waals surface area contributed by atoms with Crippen LogP contribution in [-0.2, 0) is 23.8 Å². The average molecular weight is 806 g/mol. The minimum atomic E-state index is -0.903. The zero-order valence-corrected chi connectivity index (χ0v) is 34.2. The summed E-state index contributed by atoms with van der Waals surface area (Å²) in [6.07, 6.45) is 4.83. The molecule has 0 aliphatic carbocycles. The van der Waals surface area contributed by atoms with Gasteiger partial charge in [0.25, 0.3) is 0 Å². The summed E-state index contributed by atoms with van der Waals surface area (Å²) in [4.78, 5) is 75.9. The van der Waals surface area contributed by atoms with Gasteiger partial charge in [-0.15, -0.1) is 0 Å². The van der Waals surface area contributed by atoms with E-state index >= 15 is 0 Å². The summed E-state index contributed by atoms with van der Waals surface area (Å²) in [5.41, 5.74) is 6.18. The van der Waals surface area contributed by atoms with Gasteiger partial charge in [-0.3, -0.25) is 9.59 Å². The standard InChI is InChI=1S/C43H51N9O7/c1-24(2)36(49-42(55)58-5)40(53)51-19-7-9-34(51)38-44-22-32(47-38)27-13-11-26(12-14-27)30-17-15-28-21-29(16-18-31(28)46-30)33-23-45-39(48-33)35-10-8-20-52(35)41(54)37(25(3)57-4)50-43(56)59-6/h11-18,21-25,34-37H,7-10,19-20H2,1-6H3,(H,44,47)(H,45,48)(H,49,55)(H,50,56). The molecule has 5 unspecified atom stereocenters. The van der Waals surface area contributed by atoms with Gasteiger partial charge in [0.2, 0.25) is 11.8 Å². The lowest BCUT2D eigenvalue weighted by Gasteiger charge is -2.30. The normalized spacial score (nSPS) is 18.2. The van der Waals surface area contributed by atoms with Gasteiger partial charge in [0, 0.05) is 36.7 Å². The molecule has 2 aliphatic heterocycles. The van der Waals surface area contributed by atoms with Crippen molar-refractivity contribution in [1.29, 1.82) is 0 Å². The van der Waals surface area contributed by atoms with Crippen LogP contribution in [0.5, 0.6) is 0 Å². The molecule has 2 fully saturated rings. The number of amides is 4. The highest BCUT2D eigenvalue weighted by Gasteiger charge is 2.39. The Labute approximate surface area is 342 Å². The number of pyridine rings is 1. The Morgan fingerprint density at radius 2 is 1.22 bits per heavy atom. The molecule has 5 heterocycles. The van der Waals surface area contributed by atoms with Gasteiger partial charge in [0.1, 0.15) is 23.7 Å². The number of H-pyrrole nitrogens is 2. The van der Waals surface area contributed by atoms with E-state index < -0.39 is 30.4 Å². The Hall–Kier alpha value is -6.29. The Bertz CT molecular complexity index is 2310. The van der Waals surface area contributed by atoms with Gasteiger partial charge in [0.05, 0.1) is 67.4 Å². The Balaban J connectivity index is 1.03. The van der Waals surface area contributed by atoms with E-state index in [4.69, 9.17) is 19.2 Å². The maximum Gasteiger partial charge on any atom is 0.407 e. The fourth-order valence-electron chi connectivity index (χ4n) is 7.97. The number of carbonyl (C=O) groups excluding carboxylic acids is 4. The van der Waals surface area contributed by atoms with E-state index in [1.165, 1.54) is 21.3 Å². The molecule has 4 N–H and O–H groups in total. The molecule has 2 aromatic carbocycles. The van der Waals surface area contributed by atoms with Crippen LogP contribution in [-0.4, -0.2) is 111 Å². The number of aromatic nitrogens is 5. The number of benzene rings is 2. The molecule has 16 heteroatoms. The van der Waals surface area contributed by atoms with Gasteiger partial charge in [-0.05, 0) is 62.3 Å². The number of rotatable bonds is 12. The number of nitrogens with one attached hydrogen (secondary N) is 4. The topological polar surface area (TPSA) is 197 Å². The third kappa shape index (κ3) is 8.63. The maximum atomic E-state index is 13.7. The number of ether oxygens (including phenoxy) is 3. The third-order valence-electron chi connectivity index (χ3n) is 11.3. The predicted octanol–water partition coefficient (Wildman–Crippen LogP) is 6.15. The van der Waals surface area contributed by atoms with Crippen LogP contribution < -0.4 is 10.6 Å². The van der Waals surface area contributed by atoms with Crippen LogP contribution in [0.4, 0.5) is 9.59 Å². The smallest absolute Gasteiger partial charge is 0.407 e. The SMILES string of the molecule is COC(=O)NC(C(=O)N1CCCC1c1ncc(-c2ccc(-c3ccc4cc(-c5cnc(C6CCCN6C(=O)C(NC(=O)OC)C(C)OC)[nH]5)ccc4n3)cc2)[nH]1)C(C)C. The molecule has 5 aromatic rings. The molecule has 3 aromatic heterocycles. The Morgan fingerprint density at radius 1 is 0.695 bits per heavy atom. The van der Waals surface area contributed by atoms with Gasteiger partial charge in [-0.2, -0.15) is 0 Å². The lowest BCUT2D eigenvalue weighted by molar-refractivity contribution is -0.137. The zero-order valence-electron chi connectivity index (χ0n) is 34.2. The number of likely N-dealkylation sites (tertiary alicyclic amines) is 2. The van der Waals surface area contributed by atoms with Crippen molar-refractivity contribution in [3.8, 4) is 33.8 Å². The summed E-state index contributed by atoms with van der Waals surface area (Å²) >= 11 is 0. The number of nitrogens with zero attached hydrogens (tertiary/aromatic N) is 5. The second-order valence-electron chi connectivity index (χ2n) is 15.3. The summed E-state index contributed by atoms with van der Waals surface area (Å²) in [5.74, 6) is 0.876. The summed E-state index contributed by atoms with van der Waals surface area (Å²) < 4.78 is 14.9. The van der Waals surface area contributed by atoms with Crippen LogP contribution in [0, 0.1) is 5.92 Å². The number of aromatic amines is 2. The van der Waals surface area contributed by atoms with Gasteiger partial charge >= 0.3 is 12.2 Å². The van der Waals surface area contributed by atoms with E-state index in [0.29, 0.717) is 24.7 Å². The van der Waals surface area contributed by atoms with Crippen molar-refractivity contribution < 1.29 is 33.4 Å². The largest absolute Gasteiger partial charge is 0.453 e. The number of carbonyl (C=O) groups is 4. The number of imidazole rings is 2. The first-order valence-electron chi connectivity index (χ1n) is 19.9. The Kier molecular flexibility index (Phi) is 12.3. The maximum absolute atomic E-state index is 13.7. The van der Waals surface area contributed by atoms with E-state index in [9.17, 15) is 19.2 Å². The lowest BCUT2D eigenvalue weighted by Crippen LogP contribution is -2.54. The molecular weight excluding hydrogens is 755 g/mol. The van der Waals surface area contributed by atoms with Crippen LogP contribution >= 0.6 is 0 Å². The molecule has 310 valence electrons. The van der Waals surface area contributed by atoms with Crippen LogP contribution in [0.2, 0.25) is 0 Å². The molecule has 2 aliphatic rings. The van der Waals surface area contributed by atoms with E-state index in [1.807, 2.05) is 56.3 Å². The highest BCUT2D eigenvalue weighted by atomic mass is 16.5. The highest BCUT2D eigenvalue weighted by Crippen LogP contribution is 2.35. The molecule has 0 radical (unpaired) electrons. The number of alkyl carbamates (subject to hydrolysis) is 2. The molecule has 5 atom stereocenters. The summed E-state index contributed by atoms with van der Waals surface area (Å²) in [5, 5.41) is 6.28. The molecule has 4 amide bonds. The van der Waals surface area contributed by atoms with Gasteiger partial charge in [-0.25, -0.2) is 24.5 Å². The van der Waals surface area contributed by atoms with E-state index in [0.717, 1.165) is 70.4 Å². The number of hydrogen-bond donors (Lipinski definition) is 4. The molecule has 0 spiro atoms. The van der Waals surface area contributed by atoms with E-state index in [2.05, 4.69) is 42.7 Å². The third-order valence-corrected chi connectivity index (χ3v) is 11.3. The first-order chi connectivity index (χ1) is 28.5. The van der Waals surface area contributed by atoms with Crippen molar-refractivity contribution in [1.82, 2.24) is 45.4 Å². The second kappa shape index (κ2) is 17.7. The minimum Gasteiger partial charge on any atom is -0.453 e. The van der Waals surface area contributed by atoms with Gasteiger partial charge < -0.3 is 44.6 Å².